The summed E-state index contributed by atoms with van der Waals surface area (Å²) in [6.45, 7) is 2.41. The van der Waals surface area contributed by atoms with Gasteiger partial charge in [0.1, 0.15) is 17.3 Å². The van der Waals surface area contributed by atoms with Crippen molar-refractivity contribution in [2.45, 2.75) is 6.92 Å². The van der Waals surface area contributed by atoms with E-state index in [-0.39, 0.29) is 11.3 Å². The van der Waals surface area contributed by atoms with Crippen molar-refractivity contribution in [3.05, 3.63) is 102 Å². The highest BCUT2D eigenvalue weighted by Crippen LogP contribution is 2.17. The predicted octanol–water partition coefficient (Wildman–Crippen LogP) is 4.63. The van der Waals surface area contributed by atoms with Crippen molar-refractivity contribution in [1.82, 2.24) is 5.32 Å². The van der Waals surface area contributed by atoms with E-state index in [1.165, 1.54) is 18.2 Å². The third-order valence-corrected chi connectivity index (χ3v) is 4.16. The molecule has 0 saturated carbocycles. The molecule has 2 N–H and O–H groups in total. The summed E-state index contributed by atoms with van der Waals surface area (Å²) < 4.78 is 19.5. The summed E-state index contributed by atoms with van der Waals surface area (Å²) in [5.41, 5.74) is 0.994. The first-order valence-electron chi connectivity index (χ1n) is 9.43. The number of rotatable bonds is 7. The Balaban J connectivity index is 1.85. The van der Waals surface area contributed by atoms with Gasteiger partial charge < -0.3 is 15.4 Å². The van der Waals surface area contributed by atoms with Crippen LogP contribution in [0, 0.1) is 5.82 Å². The van der Waals surface area contributed by atoms with Crippen molar-refractivity contribution in [2.75, 3.05) is 11.9 Å². The standard InChI is InChI=1S/C24H21FN2O3/c1-2-30-20-14-12-19(13-15-20)26-24(29)22(16-18-10-6-7-11-21(18)25)27-23(28)17-8-4-3-5-9-17/h3-16H,2H2,1H3,(H,26,29)(H,27,28). The minimum atomic E-state index is -0.577. The molecule has 0 bridgehead atoms. The molecular formula is C24H21FN2O3. The van der Waals surface area contributed by atoms with Gasteiger partial charge >= 0.3 is 0 Å². The number of hydrogen-bond acceptors (Lipinski definition) is 3. The number of anilines is 1. The molecule has 3 aromatic carbocycles. The van der Waals surface area contributed by atoms with Crippen LogP contribution in [0.4, 0.5) is 10.1 Å². The van der Waals surface area contributed by atoms with Crippen molar-refractivity contribution in [1.29, 1.82) is 0 Å². The van der Waals surface area contributed by atoms with Crippen LogP contribution >= 0.6 is 0 Å². The molecular weight excluding hydrogens is 383 g/mol. The summed E-state index contributed by atoms with van der Waals surface area (Å²) >= 11 is 0. The Morgan fingerprint density at radius 1 is 0.933 bits per heavy atom. The third-order valence-electron chi connectivity index (χ3n) is 4.16. The normalized spacial score (nSPS) is 10.9. The fraction of sp³-hybridized carbons (Fsp3) is 0.0833. The van der Waals surface area contributed by atoms with Crippen molar-refractivity contribution in [3.8, 4) is 5.75 Å². The number of amides is 2. The minimum Gasteiger partial charge on any atom is -0.494 e. The zero-order valence-corrected chi connectivity index (χ0v) is 16.4. The van der Waals surface area contributed by atoms with E-state index in [9.17, 15) is 14.0 Å². The smallest absolute Gasteiger partial charge is 0.272 e. The minimum absolute atomic E-state index is 0.0807. The molecule has 0 spiro atoms. The SMILES string of the molecule is CCOc1ccc(NC(=O)C(=Cc2ccccc2F)NC(=O)c2ccccc2)cc1. The van der Waals surface area contributed by atoms with Gasteiger partial charge in [-0.2, -0.15) is 0 Å². The van der Waals surface area contributed by atoms with Gasteiger partial charge in [-0.1, -0.05) is 36.4 Å². The number of carbonyl (C=O) groups excluding carboxylic acids is 2. The second-order valence-corrected chi connectivity index (χ2v) is 6.31. The number of carbonyl (C=O) groups is 2. The fourth-order valence-corrected chi connectivity index (χ4v) is 2.69. The lowest BCUT2D eigenvalue weighted by molar-refractivity contribution is -0.113. The van der Waals surface area contributed by atoms with Crippen LogP contribution in [0.1, 0.15) is 22.8 Å². The number of halogens is 1. The van der Waals surface area contributed by atoms with Crippen molar-refractivity contribution in [2.24, 2.45) is 0 Å². The highest BCUT2D eigenvalue weighted by atomic mass is 19.1. The van der Waals surface area contributed by atoms with Crippen LogP contribution < -0.4 is 15.4 Å². The van der Waals surface area contributed by atoms with Gasteiger partial charge in [-0.05, 0) is 55.5 Å². The van der Waals surface area contributed by atoms with Crippen LogP contribution in [0.15, 0.2) is 84.6 Å². The lowest BCUT2D eigenvalue weighted by atomic mass is 10.1. The molecule has 0 aliphatic rings. The van der Waals surface area contributed by atoms with Crippen LogP contribution in [0.25, 0.3) is 6.08 Å². The van der Waals surface area contributed by atoms with Gasteiger partial charge in [0.2, 0.25) is 0 Å². The molecule has 5 nitrogen and oxygen atoms in total. The molecule has 2 amide bonds. The molecule has 0 unspecified atom stereocenters. The number of nitrogens with one attached hydrogen (secondary N) is 2. The summed E-state index contributed by atoms with van der Waals surface area (Å²) in [5.74, 6) is -0.875. The molecule has 3 rings (SSSR count). The average molecular weight is 404 g/mol. The first kappa shape index (κ1) is 20.8. The molecule has 30 heavy (non-hydrogen) atoms. The molecule has 0 fully saturated rings. The van der Waals surface area contributed by atoms with E-state index in [1.807, 2.05) is 6.92 Å². The number of benzene rings is 3. The molecule has 3 aromatic rings. The maximum absolute atomic E-state index is 14.1. The maximum Gasteiger partial charge on any atom is 0.272 e. The van der Waals surface area contributed by atoms with Crippen molar-refractivity contribution < 1.29 is 18.7 Å². The van der Waals surface area contributed by atoms with Gasteiger partial charge in [0.05, 0.1) is 6.61 Å². The zero-order valence-electron chi connectivity index (χ0n) is 16.4. The van der Waals surface area contributed by atoms with Gasteiger partial charge in [-0.15, -0.1) is 0 Å². The predicted molar refractivity (Wildman–Crippen MR) is 115 cm³/mol. The van der Waals surface area contributed by atoms with Crippen LogP contribution in [0.2, 0.25) is 0 Å². The van der Waals surface area contributed by atoms with Crippen molar-refractivity contribution >= 4 is 23.6 Å². The quantitative estimate of drug-likeness (QED) is 0.564. The Morgan fingerprint density at radius 2 is 1.60 bits per heavy atom. The number of hydrogen-bond donors (Lipinski definition) is 2. The molecule has 0 aliphatic heterocycles. The lowest BCUT2D eigenvalue weighted by Gasteiger charge is -2.12. The Bertz CT molecular complexity index is 1050. The average Bonchev–Trinajstić information content (AvgIpc) is 2.77. The third kappa shape index (κ3) is 5.54. The van der Waals surface area contributed by atoms with Crippen LogP contribution in [0.5, 0.6) is 5.75 Å². The Kier molecular flexibility index (Phi) is 6.95. The molecule has 152 valence electrons. The summed E-state index contributed by atoms with van der Waals surface area (Å²) in [7, 11) is 0. The molecule has 0 atom stereocenters. The highest BCUT2D eigenvalue weighted by molar-refractivity contribution is 6.10. The van der Waals surface area contributed by atoms with Crippen LogP contribution in [0.3, 0.4) is 0 Å². The van der Waals surface area contributed by atoms with Gasteiger partial charge in [-0.25, -0.2) is 4.39 Å². The van der Waals surface area contributed by atoms with Gasteiger partial charge in [0.15, 0.2) is 0 Å². The van der Waals surface area contributed by atoms with E-state index in [0.29, 0.717) is 23.6 Å². The lowest BCUT2D eigenvalue weighted by Crippen LogP contribution is -2.30. The van der Waals surface area contributed by atoms with Crippen LogP contribution in [-0.2, 0) is 4.79 Å². The molecule has 0 aromatic heterocycles. The first-order valence-corrected chi connectivity index (χ1v) is 9.43. The van der Waals surface area contributed by atoms with E-state index < -0.39 is 17.6 Å². The van der Waals surface area contributed by atoms with Crippen LogP contribution in [-0.4, -0.2) is 18.4 Å². The molecule has 0 saturated heterocycles. The molecule has 0 aliphatic carbocycles. The Morgan fingerprint density at radius 3 is 2.27 bits per heavy atom. The molecule has 0 heterocycles. The number of ether oxygens (including phenoxy) is 1. The molecule has 0 radical (unpaired) electrons. The maximum atomic E-state index is 14.1. The summed E-state index contributed by atoms with van der Waals surface area (Å²) in [4.78, 5) is 25.4. The summed E-state index contributed by atoms with van der Waals surface area (Å²) in [6.07, 6.45) is 1.31. The second kappa shape index (κ2) is 10.0. The molecule has 6 heteroatoms. The monoisotopic (exact) mass is 404 g/mol. The topological polar surface area (TPSA) is 67.4 Å². The second-order valence-electron chi connectivity index (χ2n) is 6.31. The zero-order chi connectivity index (χ0) is 21.3. The van der Waals surface area contributed by atoms with E-state index in [1.54, 1.807) is 66.7 Å². The largest absolute Gasteiger partial charge is 0.494 e. The van der Waals surface area contributed by atoms with Gasteiger partial charge in [-0.3, -0.25) is 9.59 Å². The Hall–Kier alpha value is -3.93. The van der Waals surface area contributed by atoms with Gasteiger partial charge in [0.25, 0.3) is 11.8 Å². The van der Waals surface area contributed by atoms with Gasteiger partial charge in [0, 0.05) is 16.8 Å². The van der Waals surface area contributed by atoms with E-state index in [4.69, 9.17) is 4.74 Å². The summed E-state index contributed by atoms with van der Waals surface area (Å²) in [6, 6.07) is 21.3. The highest BCUT2D eigenvalue weighted by Gasteiger charge is 2.16. The Labute approximate surface area is 174 Å². The van der Waals surface area contributed by atoms with Crippen molar-refractivity contribution in [3.63, 3.8) is 0 Å². The first-order chi connectivity index (χ1) is 14.6. The van der Waals surface area contributed by atoms with E-state index >= 15 is 0 Å². The van der Waals surface area contributed by atoms with E-state index in [2.05, 4.69) is 10.6 Å². The summed E-state index contributed by atoms with van der Waals surface area (Å²) in [5, 5.41) is 5.29. The van der Waals surface area contributed by atoms with E-state index in [0.717, 1.165) is 0 Å². The fourth-order valence-electron chi connectivity index (χ4n) is 2.69.